The van der Waals surface area contributed by atoms with Gasteiger partial charge in [-0.3, -0.25) is 5.43 Å². The molecular weight excluding hydrogens is 234 g/mol. The van der Waals surface area contributed by atoms with Gasteiger partial charge in [0.25, 0.3) is 0 Å². The van der Waals surface area contributed by atoms with Crippen LogP contribution in [0.25, 0.3) is 0 Å². The van der Waals surface area contributed by atoms with Gasteiger partial charge in [0.05, 0.1) is 6.04 Å². The van der Waals surface area contributed by atoms with Gasteiger partial charge in [0.15, 0.2) is 0 Å². The van der Waals surface area contributed by atoms with E-state index in [1.165, 1.54) is 11.1 Å². The van der Waals surface area contributed by atoms with Crippen LogP contribution in [0.5, 0.6) is 0 Å². The molecule has 3 atom stereocenters. The molecule has 1 aliphatic rings. The summed E-state index contributed by atoms with van der Waals surface area (Å²) in [5.41, 5.74) is 9.60. The van der Waals surface area contributed by atoms with Crippen LogP contribution in [-0.4, -0.2) is 19.1 Å². The van der Waals surface area contributed by atoms with E-state index in [4.69, 9.17) is 0 Å². The fraction of sp³-hybridized carbons (Fsp3) is 0.625. The van der Waals surface area contributed by atoms with Gasteiger partial charge in [-0.1, -0.05) is 45.0 Å². The zero-order valence-corrected chi connectivity index (χ0v) is 12.5. The van der Waals surface area contributed by atoms with Crippen molar-refractivity contribution in [2.45, 2.75) is 45.7 Å². The molecule has 0 bridgehead atoms. The number of rotatable bonds is 5. The Labute approximate surface area is 117 Å². The summed E-state index contributed by atoms with van der Waals surface area (Å²) in [5.74, 6) is 1.19. The first kappa shape index (κ1) is 14.5. The first-order valence-corrected chi connectivity index (χ1v) is 7.45. The zero-order valence-electron chi connectivity index (χ0n) is 12.5. The van der Waals surface area contributed by atoms with E-state index in [1.54, 1.807) is 0 Å². The summed E-state index contributed by atoms with van der Waals surface area (Å²) >= 11 is 0. The van der Waals surface area contributed by atoms with E-state index >= 15 is 0 Å². The summed E-state index contributed by atoms with van der Waals surface area (Å²) in [6.07, 6.45) is 0. The number of hydrazine groups is 1. The van der Waals surface area contributed by atoms with Gasteiger partial charge in [-0.2, -0.15) is 0 Å². The summed E-state index contributed by atoms with van der Waals surface area (Å²) < 4.78 is 0. The molecule has 1 fully saturated rings. The smallest absolute Gasteiger partial charge is 0.0518 e. The van der Waals surface area contributed by atoms with E-state index in [9.17, 15) is 0 Å². The van der Waals surface area contributed by atoms with E-state index in [0.29, 0.717) is 23.9 Å². The third kappa shape index (κ3) is 3.35. The Hall–Kier alpha value is -0.900. The van der Waals surface area contributed by atoms with Crippen molar-refractivity contribution in [2.24, 2.45) is 5.92 Å². The van der Waals surface area contributed by atoms with Gasteiger partial charge in [0.1, 0.15) is 0 Å². The van der Waals surface area contributed by atoms with Crippen LogP contribution in [0, 0.1) is 5.92 Å². The Kier molecular flexibility index (Phi) is 4.97. The SMILES string of the molecule is CCNCC1C(C)NNC1c1ccc(C(C)C)cc1. The molecule has 0 spiro atoms. The highest BCUT2D eigenvalue weighted by molar-refractivity contribution is 5.28. The average molecular weight is 261 g/mol. The minimum atomic E-state index is 0.398. The van der Waals surface area contributed by atoms with Crippen LogP contribution in [0.2, 0.25) is 0 Å². The largest absolute Gasteiger partial charge is 0.317 e. The molecule has 2 rings (SSSR count). The van der Waals surface area contributed by atoms with Crippen molar-refractivity contribution < 1.29 is 0 Å². The number of hydrogen-bond acceptors (Lipinski definition) is 3. The lowest BCUT2D eigenvalue weighted by Gasteiger charge is -2.22. The van der Waals surface area contributed by atoms with Crippen LogP contribution >= 0.6 is 0 Å². The molecule has 19 heavy (non-hydrogen) atoms. The van der Waals surface area contributed by atoms with Crippen molar-refractivity contribution in [3.8, 4) is 0 Å². The molecule has 1 aromatic carbocycles. The van der Waals surface area contributed by atoms with Crippen LogP contribution in [0.15, 0.2) is 24.3 Å². The Morgan fingerprint density at radius 1 is 1.16 bits per heavy atom. The molecule has 0 aromatic heterocycles. The Bertz CT molecular complexity index is 385. The predicted octanol–water partition coefficient (Wildman–Crippen LogP) is 2.57. The number of hydrogen-bond donors (Lipinski definition) is 3. The van der Waals surface area contributed by atoms with E-state index in [0.717, 1.165) is 13.1 Å². The zero-order chi connectivity index (χ0) is 13.8. The lowest BCUT2D eigenvalue weighted by molar-refractivity contribution is 0.408. The maximum Gasteiger partial charge on any atom is 0.0518 e. The van der Waals surface area contributed by atoms with E-state index in [2.05, 4.69) is 68.1 Å². The Morgan fingerprint density at radius 2 is 1.84 bits per heavy atom. The molecule has 1 aromatic rings. The lowest BCUT2D eigenvalue weighted by atomic mass is 9.89. The molecule has 0 radical (unpaired) electrons. The predicted molar refractivity (Wildman–Crippen MR) is 81.0 cm³/mol. The summed E-state index contributed by atoms with van der Waals surface area (Å²) in [5, 5.41) is 3.47. The molecule has 1 aliphatic heterocycles. The van der Waals surface area contributed by atoms with E-state index in [-0.39, 0.29) is 0 Å². The topological polar surface area (TPSA) is 36.1 Å². The van der Waals surface area contributed by atoms with Gasteiger partial charge in [-0.05, 0) is 30.5 Å². The molecule has 3 heteroatoms. The molecule has 3 nitrogen and oxygen atoms in total. The van der Waals surface area contributed by atoms with Crippen molar-refractivity contribution in [3.63, 3.8) is 0 Å². The quantitative estimate of drug-likeness (QED) is 0.762. The summed E-state index contributed by atoms with van der Waals surface area (Å²) in [7, 11) is 0. The fourth-order valence-electron chi connectivity index (χ4n) is 2.75. The van der Waals surface area contributed by atoms with Gasteiger partial charge in [-0.15, -0.1) is 0 Å². The fourth-order valence-corrected chi connectivity index (χ4v) is 2.75. The van der Waals surface area contributed by atoms with E-state index in [1.807, 2.05) is 0 Å². The van der Waals surface area contributed by atoms with Crippen LogP contribution in [-0.2, 0) is 0 Å². The maximum atomic E-state index is 3.47. The van der Waals surface area contributed by atoms with Gasteiger partial charge in [0, 0.05) is 18.5 Å². The minimum Gasteiger partial charge on any atom is -0.317 e. The molecule has 0 amide bonds. The number of benzene rings is 1. The van der Waals surface area contributed by atoms with Crippen molar-refractivity contribution in [1.29, 1.82) is 0 Å². The molecule has 1 heterocycles. The molecule has 0 aliphatic carbocycles. The molecule has 3 N–H and O–H groups in total. The van der Waals surface area contributed by atoms with Gasteiger partial charge >= 0.3 is 0 Å². The van der Waals surface area contributed by atoms with Crippen molar-refractivity contribution in [1.82, 2.24) is 16.2 Å². The van der Waals surface area contributed by atoms with Gasteiger partial charge in [0.2, 0.25) is 0 Å². The summed E-state index contributed by atoms with van der Waals surface area (Å²) in [6, 6.07) is 9.95. The van der Waals surface area contributed by atoms with Crippen LogP contribution in [0.4, 0.5) is 0 Å². The normalized spacial score (nSPS) is 27.1. The maximum absolute atomic E-state index is 3.47. The minimum absolute atomic E-state index is 0.398. The number of nitrogens with one attached hydrogen (secondary N) is 3. The average Bonchev–Trinajstić information content (AvgIpc) is 2.78. The van der Waals surface area contributed by atoms with Gasteiger partial charge < -0.3 is 5.32 Å². The molecule has 1 saturated heterocycles. The first-order valence-electron chi connectivity index (χ1n) is 7.45. The van der Waals surface area contributed by atoms with Crippen molar-refractivity contribution in [3.05, 3.63) is 35.4 Å². The third-order valence-electron chi connectivity index (χ3n) is 4.13. The first-order chi connectivity index (χ1) is 9.13. The summed E-state index contributed by atoms with van der Waals surface area (Å²) in [4.78, 5) is 0. The Balaban J connectivity index is 2.10. The van der Waals surface area contributed by atoms with Crippen LogP contribution < -0.4 is 16.2 Å². The second-order valence-corrected chi connectivity index (χ2v) is 5.85. The van der Waals surface area contributed by atoms with Crippen molar-refractivity contribution >= 4 is 0 Å². The van der Waals surface area contributed by atoms with Crippen LogP contribution in [0.1, 0.15) is 50.8 Å². The standard InChI is InChI=1S/C16H27N3/c1-5-17-10-15-12(4)18-19-16(15)14-8-6-13(7-9-14)11(2)3/h6-9,11-12,15-19H,5,10H2,1-4H3. The lowest BCUT2D eigenvalue weighted by Crippen LogP contribution is -2.32. The van der Waals surface area contributed by atoms with Gasteiger partial charge in [-0.25, -0.2) is 5.43 Å². The highest BCUT2D eigenvalue weighted by Gasteiger charge is 2.33. The highest BCUT2D eigenvalue weighted by atomic mass is 15.4. The second kappa shape index (κ2) is 6.51. The Morgan fingerprint density at radius 3 is 2.42 bits per heavy atom. The third-order valence-corrected chi connectivity index (χ3v) is 4.13. The highest BCUT2D eigenvalue weighted by Crippen LogP contribution is 2.29. The van der Waals surface area contributed by atoms with Crippen molar-refractivity contribution in [2.75, 3.05) is 13.1 Å². The molecular formula is C16H27N3. The van der Waals surface area contributed by atoms with E-state index < -0.39 is 0 Å². The molecule has 3 unspecified atom stereocenters. The molecule has 0 saturated carbocycles. The van der Waals surface area contributed by atoms with Crippen LogP contribution in [0.3, 0.4) is 0 Å². The summed E-state index contributed by atoms with van der Waals surface area (Å²) in [6.45, 7) is 11.0. The molecule has 106 valence electrons. The second-order valence-electron chi connectivity index (χ2n) is 5.85. The monoisotopic (exact) mass is 261 g/mol.